The Bertz CT molecular complexity index is 619. The molecule has 0 aliphatic carbocycles. The molecule has 1 unspecified atom stereocenters. The Morgan fingerprint density at radius 1 is 1.30 bits per heavy atom. The van der Waals surface area contributed by atoms with Crippen LogP contribution in [0.1, 0.15) is 5.56 Å². The van der Waals surface area contributed by atoms with Gasteiger partial charge >= 0.3 is 0 Å². The minimum Gasteiger partial charge on any atom is -0.497 e. The molecule has 20 heavy (non-hydrogen) atoms. The largest absolute Gasteiger partial charge is 0.497 e. The van der Waals surface area contributed by atoms with Gasteiger partial charge in [-0.15, -0.1) is 0 Å². The second kappa shape index (κ2) is 6.28. The molecule has 0 saturated heterocycles. The molecular formula is C14H20N2O3S. The topological polar surface area (TPSA) is 51.1 Å². The molecule has 1 aromatic carbocycles. The highest BCUT2D eigenvalue weighted by Crippen LogP contribution is 2.26. The second-order valence-corrected chi connectivity index (χ2v) is 6.85. The Balaban J connectivity index is 2.29. The Morgan fingerprint density at radius 3 is 2.80 bits per heavy atom. The molecule has 1 aromatic rings. The van der Waals surface area contributed by atoms with Crippen LogP contribution in [0.15, 0.2) is 34.7 Å². The van der Waals surface area contributed by atoms with E-state index in [1.807, 2.05) is 34.7 Å². The van der Waals surface area contributed by atoms with Gasteiger partial charge in [-0.3, -0.25) is 0 Å². The van der Waals surface area contributed by atoms with Crippen LogP contribution in [0.3, 0.4) is 0 Å². The Kier molecular flexibility index (Phi) is 4.67. The van der Waals surface area contributed by atoms with E-state index in [2.05, 4.69) is 4.36 Å². The van der Waals surface area contributed by atoms with Crippen molar-refractivity contribution in [3.8, 4) is 11.5 Å². The van der Waals surface area contributed by atoms with Crippen LogP contribution >= 0.6 is 0 Å². The highest BCUT2D eigenvalue weighted by Gasteiger charge is 2.18. The predicted molar refractivity (Wildman–Crippen MR) is 80.5 cm³/mol. The van der Waals surface area contributed by atoms with Gasteiger partial charge in [0.25, 0.3) is 0 Å². The summed E-state index contributed by atoms with van der Waals surface area (Å²) in [5.41, 5.74) is 0.966. The van der Waals surface area contributed by atoms with Crippen molar-refractivity contribution in [1.29, 1.82) is 0 Å². The number of rotatable bonds is 4. The monoisotopic (exact) mass is 296 g/mol. The summed E-state index contributed by atoms with van der Waals surface area (Å²) >= 11 is 0. The van der Waals surface area contributed by atoms with Gasteiger partial charge in [-0.1, -0.05) is 18.2 Å². The summed E-state index contributed by atoms with van der Waals surface area (Å²) in [4.78, 5) is 0. The zero-order valence-electron chi connectivity index (χ0n) is 12.0. The van der Waals surface area contributed by atoms with Gasteiger partial charge in [-0.2, -0.15) is 0 Å². The van der Waals surface area contributed by atoms with Gasteiger partial charge in [-0.25, -0.2) is 12.9 Å². The first-order valence-electron chi connectivity index (χ1n) is 6.35. The zero-order valence-corrected chi connectivity index (χ0v) is 12.9. The fourth-order valence-corrected chi connectivity index (χ4v) is 3.29. The Labute approximate surface area is 120 Å². The lowest BCUT2D eigenvalue weighted by atomic mass is 10.2. The molecule has 0 bridgehead atoms. The first-order chi connectivity index (χ1) is 9.56. The van der Waals surface area contributed by atoms with Crippen molar-refractivity contribution in [2.24, 2.45) is 4.36 Å². The van der Waals surface area contributed by atoms with E-state index in [4.69, 9.17) is 9.47 Å². The van der Waals surface area contributed by atoms with E-state index >= 15 is 0 Å². The van der Waals surface area contributed by atoms with Gasteiger partial charge in [0.05, 0.1) is 20.8 Å². The summed E-state index contributed by atoms with van der Waals surface area (Å²) in [5, 5.41) is 0. The van der Waals surface area contributed by atoms with Crippen LogP contribution in [0.4, 0.5) is 0 Å². The van der Waals surface area contributed by atoms with E-state index in [1.165, 1.54) is 0 Å². The summed E-state index contributed by atoms with van der Waals surface area (Å²) in [7, 11) is 0.896. The second-order valence-electron chi connectivity index (χ2n) is 4.55. The van der Waals surface area contributed by atoms with Crippen molar-refractivity contribution >= 4 is 9.92 Å². The molecule has 110 valence electrons. The molecule has 6 heteroatoms. The van der Waals surface area contributed by atoms with Crippen molar-refractivity contribution in [1.82, 2.24) is 4.31 Å². The molecule has 1 atom stereocenters. The molecule has 0 saturated carbocycles. The zero-order chi connectivity index (χ0) is 14.6. The maximum atomic E-state index is 12.5. The average Bonchev–Trinajstić information content (AvgIpc) is 2.61. The first kappa shape index (κ1) is 14.9. The summed E-state index contributed by atoms with van der Waals surface area (Å²) in [6, 6.07) is 5.64. The number of hydrogen-bond acceptors (Lipinski definition) is 4. The lowest BCUT2D eigenvalue weighted by Gasteiger charge is -2.22. The average molecular weight is 296 g/mol. The standard InChI is InChI=1S/C14H20N2O3S/c1-18-13-7-6-12(14(10-13)19-2)11-16-9-5-4-8-15-20(16,3)17/h4-7,10H,8-9,11H2,1-3H3. The van der Waals surface area contributed by atoms with E-state index in [9.17, 15) is 4.21 Å². The lowest BCUT2D eigenvalue weighted by Crippen LogP contribution is -2.29. The number of nitrogens with zero attached hydrogens (tertiary/aromatic N) is 2. The molecule has 0 N–H and O–H groups in total. The third-order valence-corrected chi connectivity index (χ3v) is 5.08. The third-order valence-electron chi connectivity index (χ3n) is 3.22. The van der Waals surface area contributed by atoms with Crippen LogP contribution < -0.4 is 9.47 Å². The molecule has 1 aliphatic rings. The Hall–Kier alpha value is -1.53. The van der Waals surface area contributed by atoms with E-state index in [-0.39, 0.29) is 0 Å². The SMILES string of the molecule is COc1ccc(CN2CC=CCN=S2(C)=O)c(OC)c1. The van der Waals surface area contributed by atoms with E-state index < -0.39 is 9.92 Å². The van der Waals surface area contributed by atoms with Gasteiger partial charge in [-0.05, 0) is 6.07 Å². The minimum absolute atomic E-state index is 0.506. The number of benzene rings is 1. The van der Waals surface area contributed by atoms with Crippen LogP contribution in [-0.2, 0) is 16.5 Å². The highest BCUT2D eigenvalue weighted by atomic mass is 32.2. The van der Waals surface area contributed by atoms with E-state index in [1.54, 1.807) is 20.5 Å². The van der Waals surface area contributed by atoms with E-state index in [0.29, 0.717) is 19.6 Å². The molecule has 0 fully saturated rings. The summed E-state index contributed by atoms with van der Waals surface area (Å²) in [6.45, 7) is 1.65. The van der Waals surface area contributed by atoms with Crippen molar-refractivity contribution in [3.63, 3.8) is 0 Å². The van der Waals surface area contributed by atoms with Crippen molar-refractivity contribution in [2.45, 2.75) is 6.54 Å². The van der Waals surface area contributed by atoms with Crippen molar-refractivity contribution in [2.75, 3.05) is 33.6 Å². The fourth-order valence-electron chi connectivity index (χ4n) is 2.02. The van der Waals surface area contributed by atoms with Gasteiger partial charge in [0.15, 0.2) is 0 Å². The summed E-state index contributed by atoms with van der Waals surface area (Å²) in [5.74, 6) is 1.47. The maximum Gasteiger partial charge on any atom is 0.127 e. The van der Waals surface area contributed by atoms with Crippen molar-refractivity contribution < 1.29 is 13.7 Å². The fraction of sp³-hybridized carbons (Fsp3) is 0.429. The molecule has 5 nitrogen and oxygen atoms in total. The molecule has 0 spiro atoms. The third kappa shape index (κ3) is 3.32. The first-order valence-corrected chi connectivity index (χ1v) is 8.24. The van der Waals surface area contributed by atoms with E-state index in [0.717, 1.165) is 17.1 Å². The van der Waals surface area contributed by atoms with Gasteiger partial charge in [0, 0.05) is 31.0 Å². The molecule has 2 rings (SSSR count). The van der Waals surface area contributed by atoms with Crippen LogP contribution in [0.2, 0.25) is 0 Å². The number of hydrogen-bond donors (Lipinski definition) is 0. The minimum atomic E-state index is -2.34. The maximum absolute atomic E-state index is 12.5. The molecular weight excluding hydrogens is 276 g/mol. The predicted octanol–water partition coefficient (Wildman–Crippen LogP) is 2.09. The van der Waals surface area contributed by atoms with Gasteiger partial charge in [0.1, 0.15) is 21.4 Å². The van der Waals surface area contributed by atoms with Crippen molar-refractivity contribution in [3.05, 3.63) is 35.9 Å². The molecule has 1 heterocycles. The van der Waals surface area contributed by atoms with Crippen LogP contribution in [0, 0.1) is 0 Å². The molecule has 0 radical (unpaired) electrons. The normalized spacial score (nSPS) is 22.9. The molecule has 0 aromatic heterocycles. The lowest BCUT2D eigenvalue weighted by molar-refractivity contribution is 0.383. The smallest absolute Gasteiger partial charge is 0.127 e. The quantitative estimate of drug-likeness (QED) is 0.799. The van der Waals surface area contributed by atoms with Crippen LogP contribution in [0.25, 0.3) is 0 Å². The number of methoxy groups -OCH3 is 2. The summed E-state index contributed by atoms with van der Waals surface area (Å²) < 4.78 is 29.2. The number of ether oxygens (including phenoxy) is 2. The van der Waals surface area contributed by atoms with Crippen LogP contribution in [-0.4, -0.2) is 42.1 Å². The van der Waals surface area contributed by atoms with Gasteiger partial charge in [0.2, 0.25) is 0 Å². The molecule has 0 amide bonds. The summed E-state index contributed by atoms with van der Waals surface area (Å²) in [6.07, 6.45) is 5.61. The molecule has 1 aliphatic heterocycles. The Morgan fingerprint density at radius 2 is 2.10 bits per heavy atom. The van der Waals surface area contributed by atoms with Gasteiger partial charge < -0.3 is 9.47 Å². The highest BCUT2D eigenvalue weighted by molar-refractivity contribution is 7.90. The van der Waals surface area contributed by atoms with Crippen LogP contribution in [0.5, 0.6) is 11.5 Å².